The van der Waals surface area contributed by atoms with Gasteiger partial charge in [-0.25, -0.2) is 4.52 Å². The second-order valence-electron chi connectivity index (χ2n) is 1.86. The summed E-state index contributed by atoms with van der Waals surface area (Å²) in [6, 6.07) is 0. The number of aryl methyl sites for hydroxylation is 1. The molecule has 2 aromatic heterocycles. The molecule has 0 atom stereocenters. The lowest BCUT2D eigenvalue weighted by atomic mass is 10.6. The van der Waals surface area contributed by atoms with Crippen molar-refractivity contribution in [3.05, 3.63) is 17.3 Å². The monoisotopic (exact) mass is 139 g/mol. The van der Waals surface area contributed by atoms with Gasteiger partial charge in [-0.15, -0.1) is 16.4 Å². The van der Waals surface area contributed by atoms with Crippen LogP contribution in [0.25, 0.3) is 4.83 Å². The van der Waals surface area contributed by atoms with Crippen molar-refractivity contribution in [2.45, 2.75) is 6.92 Å². The maximum Gasteiger partial charge on any atom is 0.139 e. The zero-order valence-electron chi connectivity index (χ0n) is 4.90. The summed E-state index contributed by atoms with van der Waals surface area (Å²) < 4.78 is 1.82. The third-order valence-corrected chi connectivity index (χ3v) is 2.18. The van der Waals surface area contributed by atoms with Crippen molar-refractivity contribution < 1.29 is 0 Å². The molecular weight excluding hydrogens is 134 g/mol. The molecule has 2 rings (SSSR count). The van der Waals surface area contributed by atoms with Crippen LogP contribution in [-0.2, 0) is 0 Å². The maximum absolute atomic E-state index is 3.86. The van der Waals surface area contributed by atoms with Gasteiger partial charge in [0.25, 0.3) is 0 Å². The van der Waals surface area contributed by atoms with Crippen LogP contribution in [0.4, 0.5) is 0 Å². The molecule has 4 heteroatoms. The molecule has 0 saturated carbocycles. The molecule has 0 N–H and O–H groups in total. The zero-order valence-corrected chi connectivity index (χ0v) is 5.72. The van der Waals surface area contributed by atoms with Gasteiger partial charge in [0.1, 0.15) is 4.83 Å². The largest absolute Gasteiger partial charge is 0.207 e. The van der Waals surface area contributed by atoms with Gasteiger partial charge in [0.05, 0.1) is 11.9 Å². The first-order chi connectivity index (χ1) is 4.38. The molecule has 0 aliphatic rings. The highest BCUT2D eigenvalue weighted by molar-refractivity contribution is 7.15. The Morgan fingerprint density at radius 1 is 1.67 bits per heavy atom. The van der Waals surface area contributed by atoms with Crippen LogP contribution in [-0.4, -0.2) is 14.8 Å². The van der Waals surface area contributed by atoms with Crippen LogP contribution in [0.1, 0.15) is 5.69 Å². The number of hydrogen-bond donors (Lipinski definition) is 0. The van der Waals surface area contributed by atoms with Crippen molar-refractivity contribution in [3.8, 4) is 0 Å². The molecule has 0 spiro atoms. The normalized spacial score (nSPS) is 10.8. The molecule has 0 aliphatic carbocycles. The van der Waals surface area contributed by atoms with Crippen molar-refractivity contribution in [2.24, 2.45) is 0 Å². The van der Waals surface area contributed by atoms with E-state index in [2.05, 4.69) is 15.7 Å². The SMILES string of the molecule is Cc1csc2cnnn12. The van der Waals surface area contributed by atoms with Crippen molar-refractivity contribution in [1.82, 2.24) is 14.8 Å². The summed E-state index contributed by atoms with van der Waals surface area (Å²) in [6.07, 6.45) is 1.76. The van der Waals surface area contributed by atoms with Gasteiger partial charge in [0.15, 0.2) is 0 Å². The third kappa shape index (κ3) is 0.564. The second kappa shape index (κ2) is 1.54. The van der Waals surface area contributed by atoms with Crippen LogP contribution in [0.15, 0.2) is 11.6 Å². The Morgan fingerprint density at radius 3 is 3.33 bits per heavy atom. The van der Waals surface area contributed by atoms with E-state index in [0.717, 1.165) is 10.5 Å². The smallest absolute Gasteiger partial charge is 0.139 e. The van der Waals surface area contributed by atoms with E-state index in [1.54, 1.807) is 17.5 Å². The molecule has 0 saturated heterocycles. The van der Waals surface area contributed by atoms with Gasteiger partial charge < -0.3 is 0 Å². The summed E-state index contributed by atoms with van der Waals surface area (Å²) in [5.74, 6) is 0. The summed E-state index contributed by atoms with van der Waals surface area (Å²) in [7, 11) is 0. The highest BCUT2D eigenvalue weighted by Crippen LogP contribution is 2.11. The number of rotatable bonds is 0. The minimum absolute atomic E-state index is 1.10. The Hall–Kier alpha value is -0.900. The van der Waals surface area contributed by atoms with E-state index in [9.17, 15) is 0 Å². The first-order valence-corrected chi connectivity index (χ1v) is 3.50. The van der Waals surface area contributed by atoms with Gasteiger partial charge in [0, 0.05) is 5.38 Å². The quantitative estimate of drug-likeness (QED) is 0.547. The van der Waals surface area contributed by atoms with Gasteiger partial charge in [-0.05, 0) is 6.92 Å². The molecule has 0 aromatic carbocycles. The van der Waals surface area contributed by atoms with Crippen molar-refractivity contribution in [2.75, 3.05) is 0 Å². The minimum atomic E-state index is 1.10. The summed E-state index contributed by atoms with van der Waals surface area (Å²) in [5.41, 5.74) is 1.15. The van der Waals surface area contributed by atoms with E-state index in [0.29, 0.717) is 0 Å². The summed E-state index contributed by atoms with van der Waals surface area (Å²) in [5, 5.41) is 9.66. The fourth-order valence-electron chi connectivity index (χ4n) is 0.746. The predicted molar refractivity (Wildman–Crippen MR) is 35.6 cm³/mol. The highest BCUT2D eigenvalue weighted by atomic mass is 32.1. The van der Waals surface area contributed by atoms with E-state index in [1.807, 2.05) is 11.4 Å². The lowest BCUT2D eigenvalue weighted by Crippen LogP contribution is -1.84. The molecule has 0 bridgehead atoms. The Labute approximate surface area is 55.9 Å². The first kappa shape index (κ1) is 4.93. The Bertz CT molecular complexity index is 321. The number of hydrogen-bond acceptors (Lipinski definition) is 3. The van der Waals surface area contributed by atoms with Crippen LogP contribution >= 0.6 is 11.3 Å². The average Bonchev–Trinajstić information content (AvgIpc) is 2.35. The lowest BCUT2D eigenvalue weighted by Gasteiger charge is -1.79. The van der Waals surface area contributed by atoms with E-state index < -0.39 is 0 Å². The van der Waals surface area contributed by atoms with E-state index in [-0.39, 0.29) is 0 Å². The molecule has 2 heterocycles. The van der Waals surface area contributed by atoms with Crippen molar-refractivity contribution in [3.63, 3.8) is 0 Å². The van der Waals surface area contributed by atoms with E-state index in [4.69, 9.17) is 0 Å². The van der Waals surface area contributed by atoms with E-state index >= 15 is 0 Å². The third-order valence-electron chi connectivity index (χ3n) is 1.20. The van der Waals surface area contributed by atoms with Gasteiger partial charge in [-0.2, -0.15) is 0 Å². The molecular formula is C5H5N3S. The van der Waals surface area contributed by atoms with Gasteiger partial charge in [-0.3, -0.25) is 0 Å². The van der Waals surface area contributed by atoms with Crippen LogP contribution in [0, 0.1) is 6.92 Å². The zero-order chi connectivity index (χ0) is 6.27. The average molecular weight is 139 g/mol. The Morgan fingerprint density at radius 2 is 2.56 bits per heavy atom. The van der Waals surface area contributed by atoms with E-state index in [1.165, 1.54) is 0 Å². The summed E-state index contributed by atoms with van der Waals surface area (Å²) in [4.78, 5) is 1.10. The fraction of sp³-hybridized carbons (Fsp3) is 0.200. The molecule has 46 valence electrons. The topological polar surface area (TPSA) is 30.2 Å². The van der Waals surface area contributed by atoms with Gasteiger partial charge in [0.2, 0.25) is 0 Å². The first-order valence-electron chi connectivity index (χ1n) is 2.62. The lowest BCUT2D eigenvalue weighted by molar-refractivity contribution is 0.837. The molecule has 0 fully saturated rings. The number of nitrogens with zero attached hydrogens (tertiary/aromatic N) is 3. The number of thiazole rings is 1. The molecule has 3 nitrogen and oxygen atoms in total. The molecule has 0 unspecified atom stereocenters. The number of fused-ring (bicyclic) bond motifs is 1. The molecule has 9 heavy (non-hydrogen) atoms. The Kier molecular flexibility index (Phi) is 0.843. The standard InChI is InChI=1S/C5H5N3S/c1-4-3-9-5-2-6-7-8(4)5/h2-3H,1H3. The van der Waals surface area contributed by atoms with Gasteiger partial charge >= 0.3 is 0 Å². The minimum Gasteiger partial charge on any atom is -0.207 e. The molecule has 2 aromatic rings. The van der Waals surface area contributed by atoms with Gasteiger partial charge in [-0.1, -0.05) is 5.21 Å². The van der Waals surface area contributed by atoms with Crippen LogP contribution in [0.3, 0.4) is 0 Å². The molecule has 0 aliphatic heterocycles. The maximum atomic E-state index is 3.86. The second-order valence-corrected chi connectivity index (χ2v) is 2.75. The van der Waals surface area contributed by atoms with Crippen molar-refractivity contribution >= 4 is 16.2 Å². The predicted octanol–water partition coefficient (Wildman–Crippen LogP) is 1.10. The summed E-state index contributed by atoms with van der Waals surface area (Å²) in [6.45, 7) is 2.01. The molecule has 0 radical (unpaired) electrons. The number of aromatic nitrogens is 3. The van der Waals surface area contributed by atoms with Crippen molar-refractivity contribution in [1.29, 1.82) is 0 Å². The fourth-order valence-corrected chi connectivity index (χ4v) is 1.53. The van der Waals surface area contributed by atoms with Crippen LogP contribution < -0.4 is 0 Å². The highest BCUT2D eigenvalue weighted by Gasteiger charge is 1.97. The summed E-state index contributed by atoms with van der Waals surface area (Å²) >= 11 is 1.66. The van der Waals surface area contributed by atoms with Crippen LogP contribution in [0.2, 0.25) is 0 Å². The van der Waals surface area contributed by atoms with Crippen LogP contribution in [0.5, 0.6) is 0 Å². The molecule has 0 amide bonds. The Balaban J connectivity index is 2.99.